The first-order valence-corrected chi connectivity index (χ1v) is 7.59. The van der Waals surface area contributed by atoms with Gasteiger partial charge in [-0.15, -0.1) is 5.10 Å². The van der Waals surface area contributed by atoms with Crippen molar-refractivity contribution in [3.63, 3.8) is 0 Å². The highest BCUT2D eigenvalue weighted by molar-refractivity contribution is 5.78. The Balaban J connectivity index is 1.45. The van der Waals surface area contributed by atoms with Gasteiger partial charge in [-0.2, -0.15) is 0 Å². The zero-order valence-corrected chi connectivity index (χ0v) is 12.9. The number of benzene rings is 1. The number of para-hydroxylation sites is 1. The van der Waals surface area contributed by atoms with Crippen LogP contribution in [-0.4, -0.2) is 27.6 Å². The summed E-state index contributed by atoms with van der Waals surface area (Å²) in [5.74, 6) is 0.740. The molecule has 0 unspecified atom stereocenters. The number of rotatable bonds is 6. The Hall–Kier alpha value is -2.83. The lowest BCUT2D eigenvalue weighted by molar-refractivity contribution is 0.236. The van der Waals surface area contributed by atoms with Crippen LogP contribution in [0.1, 0.15) is 25.1 Å². The number of aryl methyl sites for hydroxylation is 1. The molecule has 2 amide bonds. The van der Waals surface area contributed by atoms with Crippen molar-refractivity contribution in [3.8, 4) is 0 Å². The van der Waals surface area contributed by atoms with Crippen LogP contribution < -0.4 is 10.6 Å². The van der Waals surface area contributed by atoms with Crippen LogP contribution in [0.25, 0.3) is 11.0 Å². The first kappa shape index (κ1) is 15.1. The summed E-state index contributed by atoms with van der Waals surface area (Å²) in [7, 11) is 0. The summed E-state index contributed by atoms with van der Waals surface area (Å²) in [6.45, 7) is 3.19. The highest BCUT2D eigenvalue weighted by Crippen LogP contribution is 2.23. The van der Waals surface area contributed by atoms with Crippen molar-refractivity contribution in [1.29, 1.82) is 0 Å². The Kier molecular flexibility index (Phi) is 4.56. The number of amides is 2. The maximum atomic E-state index is 11.9. The fourth-order valence-electron chi connectivity index (χ4n) is 2.33. The van der Waals surface area contributed by atoms with Crippen LogP contribution in [0.15, 0.2) is 47.1 Å². The molecule has 7 nitrogen and oxygen atoms in total. The molecule has 0 aliphatic rings. The van der Waals surface area contributed by atoms with Crippen LogP contribution in [0.5, 0.6) is 0 Å². The van der Waals surface area contributed by atoms with Gasteiger partial charge in [-0.3, -0.25) is 4.68 Å². The second kappa shape index (κ2) is 6.95. The van der Waals surface area contributed by atoms with Crippen LogP contribution in [0, 0.1) is 0 Å². The van der Waals surface area contributed by atoms with Crippen LogP contribution >= 0.6 is 0 Å². The number of aromatic nitrogens is 3. The predicted molar refractivity (Wildman–Crippen MR) is 85.8 cm³/mol. The van der Waals surface area contributed by atoms with E-state index in [0.29, 0.717) is 6.54 Å². The first-order chi connectivity index (χ1) is 11.2. The normalized spacial score (nSPS) is 12.2. The van der Waals surface area contributed by atoms with E-state index in [2.05, 4.69) is 20.9 Å². The number of nitrogens with zero attached hydrogens (tertiary/aromatic N) is 3. The summed E-state index contributed by atoms with van der Waals surface area (Å²) >= 11 is 0. The number of fused-ring (bicyclic) bond motifs is 1. The van der Waals surface area contributed by atoms with E-state index in [1.54, 1.807) is 17.1 Å². The van der Waals surface area contributed by atoms with Gasteiger partial charge in [-0.1, -0.05) is 23.4 Å². The second-order valence-corrected chi connectivity index (χ2v) is 5.33. The zero-order chi connectivity index (χ0) is 16.1. The third-order valence-corrected chi connectivity index (χ3v) is 3.54. The molecule has 0 bridgehead atoms. The average molecular weight is 313 g/mol. The van der Waals surface area contributed by atoms with Crippen molar-refractivity contribution in [2.75, 3.05) is 6.54 Å². The van der Waals surface area contributed by atoms with Crippen molar-refractivity contribution in [2.24, 2.45) is 0 Å². The van der Waals surface area contributed by atoms with Gasteiger partial charge in [-0.25, -0.2) is 4.79 Å². The summed E-state index contributed by atoms with van der Waals surface area (Å²) in [5, 5.41) is 14.3. The van der Waals surface area contributed by atoms with E-state index < -0.39 is 0 Å². The molecular formula is C16H19N5O2. The minimum absolute atomic E-state index is 0.197. The highest BCUT2D eigenvalue weighted by Gasteiger charge is 2.13. The molecule has 120 valence electrons. The van der Waals surface area contributed by atoms with E-state index in [4.69, 9.17) is 4.42 Å². The molecular weight excluding hydrogens is 294 g/mol. The Morgan fingerprint density at radius 2 is 2.26 bits per heavy atom. The summed E-state index contributed by atoms with van der Waals surface area (Å²) < 4.78 is 7.48. The summed E-state index contributed by atoms with van der Waals surface area (Å²) in [5.41, 5.74) is 0.824. The van der Waals surface area contributed by atoms with E-state index in [-0.39, 0.29) is 12.1 Å². The molecule has 3 aromatic rings. The van der Waals surface area contributed by atoms with Gasteiger partial charge in [-0.05, 0) is 25.5 Å². The van der Waals surface area contributed by atoms with Crippen molar-refractivity contribution in [3.05, 3.63) is 48.5 Å². The SMILES string of the molecule is C[C@@H](NC(=O)NCCCn1ccnn1)c1cc2ccccc2o1. The number of hydrogen-bond acceptors (Lipinski definition) is 4. The first-order valence-electron chi connectivity index (χ1n) is 7.59. The van der Waals surface area contributed by atoms with Crippen LogP contribution in [-0.2, 0) is 6.54 Å². The highest BCUT2D eigenvalue weighted by atomic mass is 16.3. The third-order valence-electron chi connectivity index (χ3n) is 3.54. The van der Waals surface area contributed by atoms with Gasteiger partial charge in [0.25, 0.3) is 0 Å². The molecule has 0 aliphatic carbocycles. The van der Waals surface area contributed by atoms with Gasteiger partial charge in [0.05, 0.1) is 12.2 Å². The Morgan fingerprint density at radius 3 is 3.04 bits per heavy atom. The topological polar surface area (TPSA) is 85.0 Å². The molecule has 7 heteroatoms. The van der Waals surface area contributed by atoms with Gasteiger partial charge >= 0.3 is 6.03 Å². The lowest BCUT2D eigenvalue weighted by atomic mass is 10.2. The standard InChI is InChI=1S/C16H19N5O2/c1-12(15-11-13-5-2-3-6-14(13)23-15)19-16(22)17-7-4-9-21-10-8-18-20-21/h2-3,5-6,8,10-12H,4,7,9H2,1H3,(H2,17,19,22)/t12-/m1/s1. The maximum Gasteiger partial charge on any atom is 0.315 e. The van der Waals surface area contributed by atoms with Crippen LogP contribution in [0.3, 0.4) is 0 Å². The Bertz CT molecular complexity index is 733. The number of urea groups is 1. The molecule has 3 rings (SSSR count). The molecule has 0 fully saturated rings. The third kappa shape index (κ3) is 3.88. The fraction of sp³-hybridized carbons (Fsp3) is 0.312. The number of furan rings is 1. The van der Waals surface area contributed by atoms with Crippen molar-refractivity contribution in [2.45, 2.75) is 25.9 Å². The van der Waals surface area contributed by atoms with Gasteiger partial charge in [0.15, 0.2) is 0 Å². The molecule has 0 spiro atoms. The quantitative estimate of drug-likeness (QED) is 0.685. The van der Waals surface area contributed by atoms with Crippen molar-refractivity contribution in [1.82, 2.24) is 25.6 Å². The van der Waals surface area contributed by atoms with E-state index in [1.807, 2.05) is 37.3 Å². The molecule has 1 aromatic carbocycles. The molecule has 0 radical (unpaired) electrons. The van der Waals surface area contributed by atoms with E-state index >= 15 is 0 Å². The minimum Gasteiger partial charge on any atom is -0.459 e. The fourth-order valence-corrected chi connectivity index (χ4v) is 2.33. The summed E-state index contributed by atoms with van der Waals surface area (Å²) in [4.78, 5) is 11.9. The maximum absolute atomic E-state index is 11.9. The van der Waals surface area contributed by atoms with E-state index in [9.17, 15) is 4.79 Å². The van der Waals surface area contributed by atoms with Gasteiger partial charge < -0.3 is 15.1 Å². The second-order valence-electron chi connectivity index (χ2n) is 5.33. The zero-order valence-electron chi connectivity index (χ0n) is 12.9. The molecule has 23 heavy (non-hydrogen) atoms. The molecule has 0 saturated heterocycles. The lowest BCUT2D eigenvalue weighted by Crippen LogP contribution is -2.37. The Labute approximate surface area is 133 Å². The van der Waals surface area contributed by atoms with Gasteiger partial charge in [0.2, 0.25) is 0 Å². The lowest BCUT2D eigenvalue weighted by Gasteiger charge is -2.12. The van der Waals surface area contributed by atoms with E-state index in [1.165, 1.54) is 0 Å². The molecule has 1 atom stereocenters. The number of carbonyl (C=O) groups is 1. The summed E-state index contributed by atoms with van der Waals surface area (Å²) in [6.07, 6.45) is 4.22. The predicted octanol–water partition coefficient (Wildman–Crippen LogP) is 2.47. The summed E-state index contributed by atoms with van der Waals surface area (Å²) in [6, 6.07) is 9.33. The molecule has 2 aromatic heterocycles. The van der Waals surface area contributed by atoms with E-state index in [0.717, 1.165) is 29.7 Å². The largest absolute Gasteiger partial charge is 0.459 e. The minimum atomic E-state index is -0.212. The molecule has 2 N–H and O–H groups in total. The van der Waals surface area contributed by atoms with Crippen LogP contribution in [0.4, 0.5) is 4.79 Å². The van der Waals surface area contributed by atoms with Gasteiger partial charge in [0, 0.05) is 24.7 Å². The van der Waals surface area contributed by atoms with Crippen LogP contribution in [0.2, 0.25) is 0 Å². The monoisotopic (exact) mass is 313 g/mol. The number of carbonyl (C=O) groups excluding carboxylic acids is 1. The number of nitrogens with one attached hydrogen (secondary N) is 2. The van der Waals surface area contributed by atoms with Crippen molar-refractivity contribution >= 4 is 17.0 Å². The molecule has 2 heterocycles. The average Bonchev–Trinajstić information content (AvgIpc) is 3.20. The smallest absolute Gasteiger partial charge is 0.315 e. The number of hydrogen-bond donors (Lipinski definition) is 2. The molecule has 0 aliphatic heterocycles. The van der Waals surface area contributed by atoms with Crippen molar-refractivity contribution < 1.29 is 9.21 Å². The van der Waals surface area contributed by atoms with Gasteiger partial charge in [0.1, 0.15) is 11.3 Å². The molecule has 0 saturated carbocycles. The Morgan fingerprint density at radius 1 is 1.39 bits per heavy atom.